The van der Waals surface area contributed by atoms with Crippen molar-refractivity contribution < 1.29 is 9.59 Å². The van der Waals surface area contributed by atoms with Gasteiger partial charge in [-0.3, -0.25) is 9.59 Å². The Kier molecular flexibility index (Phi) is 4.68. The van der Waals surface area contributed by atoms with Gasteiger partial charge in [-0.25, -0.2) is 4.98 Å². The summed E-state index contributed by atoms with van der Waals surface area (Å²) < 4.78 is 2.09. The Morgan fingerprint density at radius 1 is 1.35 bits per heavy atom. The second-order valence-corrected chi connectivity index (χ2v) is 6.67. The number of amides is 2. The molecule has 0 radical (unpaired) electrons. The lowest BCUT2D eigenvalue weighted by Crippen LogP contribution is -2.40. The van der Waals surface area contributed by atoms with E-state index in [9.17, 15) is 9.59 Å². The van der Waals surface area contributed by atoms with Gasteiger partial charge in [0.15, 0.2) is 0 Å². The molecule has 1 aromatic heterocycles. The molecule has 1 atom stereocenters. The summed E-state index contributed by atoms with van der Waals surface area (Å²) in [5, 5.41) is 3.05. The Bertz CT molecular complexity index is 591. The van der Waals surface area contributed by atoms with E-state index in [0.29, 0.717) is 18.9 Å². The summed E-state index contributed by atoms with van der Waals surface area (Å²) >= 11 is 0. The summed E-state index contributed by atoms with van der Waals surface area (Å²) in [6, 6.07) is 0.340. The van der Waals surface area contributed by atoms with Crippen LogP contribution in [-0.2, 0) is 22.6 Å². The standard InChI is InChI=1S/C17H26N4O2/c1-3-5-16(23)21-9-8-20-11-14(19-17(20)12(21)2)10-15(22)18-13-6-4-7-13/h11-13H,3-10H2,1-2H3,(H,18,22)/t12-/m1/s1. The topological polar surface area (TPSA) is 67.2 Å². The van der Waals surface area contributed by atoms with Gasteiger partial charge < -0.3 is 14.8 Å². The molecular formula is C17H26N4O2. The van der Waals surface area contributed by atoms with Crippen LogP contribution in [0.5, 0.6) is 0 Å². The van der Waals surface area contributed by atoms with Gasteiger partial charge in [-0.15, -0.1) is 0 Å². The van der Waals surface area contributed by atoms with Crippen molar-refractivity contribution in [3.05, 3.63) is 17.7 Å². The largest absolute Gasteiger partial charge is 0.353 e. The fourth-order valence-corrected chi connectivity index (χ4v) is 3.33. The van der Waals surface area contributed by atoms with Crippen LogP contribution in [0.2, 0.25) is 0 Å². The summed E-state index contributed by atoms with van der Waals surface area (Å²) in [5.74, 6) is 1.14. The molecule has 1 aliphatic carbocycles. The molecule has 1 aliphatic heterocycles. The van der Waals surface area contributed by atoms with E-state index in [-0.39, 0.29) is 17.9 Å². The van der Waals surface area contributed by atoms with Crippen LogP contribution in [-0.4, -0.2) is 38.9 Å². The lowest BCUT2D eigenvalue weighted by atomic mass is 9.93. The molecule has 0 spiro atoms. The lowest BCUT2D eigenvalue weighted by molar-refractivity contribution is -0.134. The zero-order chi connectivity index (χ0) is 16.4. The van der Waals surface area contributed by atoms with Gasteiger partial charge in [-0.2, -0.15) is 0 Å². The quantitative estimate of drug-likeness (QED) is 0.900. The first-order valence-corrected chi connectivity index (χ1v) is 8.73. The minimum atomic E-state index is -0.0220. The highest BCUT2D eigenvalue weighted by atomic mass is 16.2. The van der Waals surface area contributed by atoms with E-state index >= 15 is 0 Å². The van der Waals surface area contributed by atoms with Crippen LogP contribution in [0.4, 0.5) is 0 Å². The van der Waals surface area contributed by atoms with Crippen molar-refractivity contribution in [3.63, 3.8) is 0 Å². The summed E-state index contributed by atoms with van der Waals surface area (Å²) in [7, 11) is 0. The molecule has 6 nitrogen and oxygen atoms in total. The van der Waals surface area contributed by atoms with Crippen molar-refractivity contribution in [1.29, 1.82) is 0 Å². The van der Waals surface area contributed by atoms with Crippen LogP contribution in [0.1, 0.15) is 63.5 Å². The Hall–Kier alpha value is -1.85. The molecule has 0 aromatic carbocycles. The first-order valence-electron chi connectivity index (χ1n) is 8.73. The van der Waals surface area contributed by atoms with Crippen molar-refractivity contribution in [2.45, 2.75) is 71.0 Å². The predicted molar refractivity (Wildman–Crippen MR) is 86.7 cm³/mol. The van der Waals surface area contributed by atoms with E-state index in [1.54, 1.807) is 0 Å². The summed E-state index contributed by atoms with van der Waals surface area (Å²) in [5.41, 5.74) is 0.800. The fourth-order valence-electron chi connectivity index (χ4n) is 3.33. The molecule has 1 N–H and O–H groups in total. The van der Waals surface area contributed by atoms with E-state index in [1.165, 1.54) is 6.42 Å². The number of hydrogen-bond donors (Lipinski definition) is 1. The highest BCUT2D eigenvalue weighted by Gasteiger charge is 2.29. The van der Waals surface area contributed by atoms with E-state index in [0.717, 1.165) is 43.9 Å². The molecule has 2 amide bonds. The van der Waals surface area contributed by atoms with Crippen LogP contribution < -0.4 is 5.32 Å². The van der Waals surface area contributed by atoms with Crippen LogP contribution in [0.3, 0.4) is 0 Å². The maximum absolute atomic E-state index is 12.2. The predicted octanol–water partition coefficient (Wildman–Crippen LogP) is 1.80. The van der Waals surface area contributed by atoms with E-state index in [2.05, 4.69) is 14.9 Å². The molecule has 6 heteroatoms. The average molecular weight is 318 g/mol. The molecule has 0 bridgehead atoms. The van der Waals surface area contributed by atoms with Gasteiger partial charge in [0, 0.05) is 31.7 Å². The number of nitrogens with one attached hydrogen (secondary N) is 1. The Morgan fingerprint density at radius 2 is 2.13 bits per heavy atom. The van der Waals surface area contributed by atoms with Gasteiger partial charge >= 0.3 is 0 Å². The summed E-state index contributed by atoms with van der Waals surface area (Å²) in [6.07, 6.45) is 7.14. The SMILES string of the molecule is CCCC(=O)N1CCn2cc(CC(=O)NC3CCC3)nc2[C@H]1C. The monoisotopic (exact) mass is 318 g/mol. The zero-order valence-electron chi connectivity index (χ0n) is 14.0. The molecule has 0 unspecified atom stereocenters. The van der Waals surface area contributed by atoms with Gasteiger partial charge in [-0.1, -0.05) is 6.92 Å². The Balaban J connectivity index is 1.65. The molecule has 2 heterocycles. The Labute approximate surface area is 137 Å². The van der Waals surface area contributed by atoms with Crippen LogP contribution in [0.15, 0.2) is 6.20 Å². The van der Waals surface area contributed by atoms with Gasteiger partial charge in [0.1, 0.15) is 5.82 Å². The number of aromatic nitrogens is 2. The van der Waals surface area contributed by atoms with Gasteiger partial charge in [0.05, 0.1) is 18.2 Å². The number of fused-ring (bicyclic) bond motifs is 1. The second-order valence-electron chi connectivity index (χ2n) is 6.67. The molecule has 126 valence electrons. The Morgan fingerprint density at radius 3 is 2.78 bits per heavy atom. The fraction of sp³-hybridized carbons (Fsp3) is 0.706. The van der Waals surface area contributed by atoms with Gasteiger partial charge in [-0.05, 0) is 32.6 Å². The van der Waals surface area contributed by atoms with Gasteiger partial charge in [0.25, 0.3) is 0 Å². The smallest absolute Gasteiger partial charge is 0.226 e. The van der Waals surface area contributed by atoms with Gasteiger partial charge in [0.2, 0.25) is 11.8 Å². The highest BCUT2D eigenvalue weighted by Crippen LogP contribution is 2.25. The summed E-state index contributed by atoms with van der Waals surface area (Å²) in [6.45, 7) is 5.51. The lowest BCUT2D eigenvalue weighted by Gasteiger charge is -2.33. The number of carbonyl (C=O) groups excluding carboxylic acids is 2. The van der Waals surface area contributed by atoms with E-state index in [1.807, 2.05) is 24.9 Å². The maximum Gasteiger partial charge on any atom is 0.226 e. The zero-order valence-corrected chi connectivity index (χ0v) is 14.0. The van der Waals surface area contributed by atoms with Crippen LogP contribution in [0.25, 0.3) is 0 Å². The van der Waals surface area contributed by atoms with E-state index in [4.69, 9.17) is 0 Å². The number of carbonyl (C=O) groups is 2. The molecule has 0 saturated heterocycles. The first kappa shape index (κ1) is 16.0. The number of rotatable bonds is 5. The van der Waals surface area contributed by atoms with E-state index < -0.39 is 0 Å². The van der Waals surface area contributed by atoms with Crippen LogP contribution in [0, 0.1) is 0 Å². The minimum absolute atomic E-state index is 0.0220. The van der Waals surface area contributed by atoms with Crippen molar-refractivity contribution in [3.8, 4) is 0 Å². The maximum atomic E-state index is 12.2. The molecule has 1 fully saturated rings. The third-order valence-electron chi connectivity index (χ3n) is 4.88. The van der Waals surface area contributed by atoms with Crippen molar-refractivity contribution in [2.24, 2.45) is 0 Å². The molecule has 2 aliphatic rings. The first-order chi connectivity index (χ1) is 11.1. The number of nitrogens with zero attached hydrogens (tertiary/aromatic N) is 3. The second kappa shape index (κ2) is 6.72. The minimum Gasteiger partial charge on any atom is -0.353 e. The highest BCUT2D eigenvalue weighted by molar-refractivity contribution is 5.78. The summed E-state index contributed by atoms with van der Waals surface area (Å²) in [4.78, 5) is 30.8. The third-order valence-corrected chi connectivity index (χ3v) is 4.88. The normalized spacial score (nSPS) is 20.8. The van der Waals surface area contributed by atoms with Crippen molar-refractivity contribution in [1.82, 2.24) is 19.8 Å². The molecule has 3 rings (SSSR count). The van der Waals surface area contributed by atoms with Crippen LogP contribution >= 0.6 is 0 Å². The number of hydrogen-bond acceptors (Lipinski definition) is 3. The molecule has 1 saturated carbocycles. The average Bonchev–Trinajstić information content (AvgIpc) is 2.87. The van der Waals surface area contributed by atoms with Crippen molar-refractivity contribution in [2.75, 3.05) is 6.54 Å². The number of imidazole rings is 1. The molecular weight excluding hydrogens is 292 g/mol. The molecule has 23 heavy (non-hydrogen) atoms. The third kappa shape index (κ3) is 3.41. The van der Waals surface area contributed by atoms with Crippen molar-refractivity contribution >= 4 is 11.8 Å². The molecule has 1 aromatic rings.